The lowest BCUT2D eigenvalue weighted by Crippen LogP contribution is -2.13. The zero-order valence-corrected chi connectivity index (χ0v) is 14.7. The molecule has 1 saturated heterocycles. The highest BCUT2D eigenvalue weighted by Gasteiger charge is 2.50. The first-order chi connectivity index (χ1) is 10.4. The number of fused-ring (bicyclic) bond motifs is 1. The lowest BCUT2D eigenvalue weighted by atomic mass is 9.80. The van der Waals surface area contributed by atoms with E-state index in [0.717, 1.165) is 38.5 Å². The van der Waals surface area contributed by atoms with Crippen LogP contribution in [0.15, 0.2) is 35.5 Å². The molecule has 0 bridgehead atoms. The van der Waals surface area contributed by atoms with Gasteiger partial charge in [-0.2, -0.15) is 0 Å². The quantitative estimate of drug-likeness (QED) is 0.589. The largest absolute Gasteiger partial charge is 0.392 e. The van der Waals surface area contributed by atoms with Gasteiger partial charge in [-0.3, -0.25) is 0 Å². The van der Waals surface area contributed by atoms with E-state index < -0.39 is 0 Å². The van der Waals surface area contributed by atoms with Crippen LogP contribution < -0.4 is 0 Å². The molecule has 0 saturated carbocycles. The highest BCUT2D eigenvalue weighted by Crippen LogP contribution is 2.44. The molecule has 1 heterocycles. The topological polar surface area (TPSA) is 32.8 Å². The molecule has 3 atom stereocenters. The molecular formula is C20H32O2. The van der Waals surface area contributed by atoms with E-state index in [-0.39, 0.29) is 17.6 Å². The first-order valence-electron chi connectivity index (χ1n) is 8.64. The van der Waals surface area contributed by atoms with Crippen molar-refractivity contribution in [2.45, 2.75) is 77.9 Å². The van der Waals surface area contributed by atoms with E-state index in [4.69, 9.17) is 4.74 Å². The third kappa shape index (κ3) is 4.82. The van der Waals surface area contributed by atoms with Gasteiger partial charge in [0, 0.05) is 0 Å². The van der Waals surface area contributed by atoms with E-state index in [0.29, 0.717) is 6.10 Å². The van der Waals surface area contributed by atoms with Gasteiger partial charge in [-0.15, -0.1) is 0 Å². The SMILES string of the molecule is CC(C)=CCC[C@]1(C)/C=C/C[C@@]2(C)O[C@H]2CC/C(CO)=C\C1. The number of aliphatic hydroxyl groups excluding tert-OH is 1. The Labute approximate surface area is 136 Å². The number of allylic oxidation sites excluding steroid dienone is 4. The minimum Gasteiger partial charge on any atom is -0.392 e. The summed E-state index contributed by atoms with van der Waals surface area (Å²) < 4.78 is 5.88. The minimum absolute atomic E-state index is 0.0300. The molecule has 0 radical (unpaired) electrons. The van der Waals surface area contributed by atoms with Crippen molar-refractivity contribution in [2.24, 2.45) is 5.41 Å². The summed E-state index contributed by atoms with van der Waals surface area (Å²) in [5.74, 6) is 0. The van der Waals surface area contributed by atoms with Crippen LogP contribution in [0, 0.1) is 5.41 Å². The summed E-state index contributed by atoms with van der Waals surface area (Å²) in [4.78, 5) is 0. The monoisotopic (exact) mass is 304 g/mol. The maximum absolute atomic E-state index is 9.59. The van der Waals surface area contributed by atoms with Crippen molar-refractivity contribution in [3.05, 3.63) is 35.5 Å². The van der Waals surface area contributed by atoms with Crippen LogP contribution in [-0.4, -0.2) is 23.4 Å². The fourth-order valence-electron chi connectivity index (χ4n) is 3.30. The molecule has 1 aliphatic heterocycles. The van der Waals surface area contributed by atoms with Crippen molar-refractivity contribution in [1.82, 2.24) is 0 Å². The summed E-state index contributed by atoms with van der Waals surface area (Å²) in [6.07, 6.45) is 15.9. The van der Waals surface area contributed by atoms with Crippen molar-refractivity contribution < 1.29 is 9.84 Å². The molecule has 1 fully saturated rings. The Morgan fingerprint density at radius 2 is 2.14 bits per heavy atom. The fourth-order valence-corrected chi connectivity index (χ4v) is 3.30. The number of epoxide rings is 1. The normalized spacial score (nSPS) is 39.0. The average Bonchev–Trinajstić information content (AvgIpc) is 3.08. The molecule has 0 unspecified atom stereocenters. The van der Waals surface area contributed by atoms with Crippen LogP contribution in [0.3, 0.4) is 0 Å². The Bertz CT molecular complexity index is 470. The molecule has 0 aromatic rings. The van der Waals surface area contributed by atoms with Crippen LogP contribution in [0.1, 0.15) is 66.2 Å². The van der Waals surface area contributed by atoms with E-state index in [2.05, 4.69) is 52.0 Å². The maximum Gasteiger partial charge on any atom is 0.0954 e. The number of hydrogen-bond acceptors (Lipinski definition) is 2. The molecule has 124 valence electrons. The zero-order chi connectivity index (χ0) is 16.2. The molecular weight excluding hydrogens is 272 g/mol. The van der Waals surface area contributed by atoms with E-state index >= 15 is 0 Å². The Morgan fingerprint density at radius 1 is 1.36 bits per heavy atom. The predicted molar refractivity (Wildman–Crippen MR) is 92.8 cm³/mol. The Morgan fingerprint density at radius 3 is 2.82 bits per heavy atom. The average molecular weight is 304 g/mol. The standard InChI is InChI=1S/C20H32O2/c1-16(2)7-5-11-19(3)12-6-13-20(4)18(22-20)9-8-17(15-21)10-14-19/h6-7,10,12,18,21H,5,8-9,11,13-15H2,1-4H3/b12-6+,17-10+/t18-,19+,20+/m0/s1. The molecule has 2 rings (SSSR count). The molecule has 0 amide bonds. The van der Waals surface area contributed by atoms with Crippen molar-refractivity contribution in [2.75, 3.05) is 6.61 Å². The van der Waals surface area contributed by atoms with Crippen LogP contribution in [0.2, 0.25) is 0 Å². The van der Waals surface area contributed by atoms with Crippen molar-refractivity contribution >= 4 is 0 Å². The molecule has 0 aromatic heterocycles. The summed E-state index contributed by atoms with van der Waals surface area (Å²) >= 11 is 0. The van der Waals surface area contributed by atoms with E-state index in [1.165, 1.54) is 11.1 Å². The zero-order valence-electron chi connectivity index (χ0n) is 14.7. The second-order valence-electron chi connectivity index (χ2n) is 7.76. The van der Waals surface area contributed by atoms with Gasteiger partial charge in [0.2, 0.25) is 0 Å². The van der Waals surface area contributed by atoms with Crippen LogP contribution in [0.4, 0.5) is 0 Å². The molecule has 2 aliphatic rings. The first kappa shape index (κ1) is 17.5. The highest BCUT2D eigenvalue weighted by molar-refractivity contribution is 5.14. The molecule has 2 heteroatoms. The van der Waals surface area contributed by atoms with Gasteiger partial charge in [0.05, 0.1) is 18.3 Å². The molecule has 2 nitrogen and oxygen atoms in total. The Balaban J connectivity index is 2.11. The van der Waals surface area contributed by atoms with Crippen molar-refractivity contribution in [3.63, 3.8) is 0 Å². The van der Waals surface area contributed by atoms with Crippen LogP contribution in [-0.2, 0) is 4.74 Å². The van der Waals surface area contributed by atoms with Gasteiger partial charge in [-0.25, -0.2) is 0 Å². The van der Waals surface area contributed by atoms with Gasteiger partial charge >= 0.3 is 0 Å². The third-order valence-corrected chi connectivity index (χ3v) is 5.13. The van der Waals surface area contributed by atoms with Crippen LogP contribution in [0.5, 0.6) is 0 Å². The van der Waals surface area contributed by atoms with E-state index in [9.17, 15) is 5.11 Å². The summed E-state index contributed by atoms with van der Waals surface area (Å²) in [7, 11) is 0. The number of ether oxygens (including phenoxy) is 1. The van der Waals surface area contributed by atoms with Gasteiger partial charge in [0.15, 0.2) is 0 Å². The highest BCUT2D eigenvalue weighted by atomic mass is 16.6. The lowest BCUT2D eigenvalue weighted by Gasteiger charge is -2.25. The van der Waals surface area contributed by atoms with Crippen LogP contribution >= 0.6 is 0 Å². The predicted octanol–water partition coefficient (Wildman–Crippen LogP) is 4.95. The van der Waals surface area contributed by atoms with Gasteiger partial charge in [-0.1, -0.05) is 36.8 Å². The number of hydrogen-bond donors (Lipinski definition) is 1. The lowest BCUT2D eigenvalue weighted by molar-refractivity contribution is 0.300. The van der Waals surface area contributed by atoms with Crippen molar-refractivity contribution in [1.29, 1.82) is 0 Å². The molecule has 1 aliphatic carbocycles. The summed E-state index contributed by atoms with van der Waals surface area (Å²) in [5.41, 5.74) is 2.75. The van der Waals surface area contributed by atoms with Gasteiger partial charge < -0.3 is 9.84 Å². The summed E-state index contributed by atoms with van der Waals surface area (Å²) in [6, 6.07) is 0. The van der Waals surface area contributed by atoms with Gasteiger partial charge in [0.1, 0.15) is 0 Å². The minimum atomic E-state index is 0.0300. The molecule has 0 spiro atoms. The Hall–Kier alpha value is -0.860. The van der Waals surface area contributed by atoms with E-state index in [1.807, 2.05) is 0 Å². The second kappa shape index (κ2) is 7.14. The fraction of sp³-hybridized carbons (Fsp3) is 0.700. The summed E-state index contributed by atoms with van der Waals surface area (Å²) in [6.45, 7) is 9.04. The smallest absolute Gasteiger partial charge is 0.0954 e. The second-order valence-corrected chi connectivity index (χ2v) is 7.76. The molecule has 22 heavy (non-hydrogen) atoms. The molecule has 0 aromatic carbocycles. The number of aliphatic hydroxyl groups is 1. The number of rotatable bonds is 4. The van der Waals surface area contributed by atoms with E-state index in [1.54, 1.807) is 0 Å². The van der Waals surface area contributed by atoms with Crippen LogP contribution in [0.25, 0.3) is 0 Å². The Kier molecular flexibility index (Phi) is 5.68. The maximum atomic E-state index is 9.59. The third-order valence-electron chi connectivity index (χ3n) is 5.13. The van der Waals surface area contributed by atoms with Gasteiger partial charge in [0.25, 0.3) is 0 Å². The summed E-state index contributed by atoms with van der Waals surface area (Å²) in [5, 5.41) is 9.59. The van der Waals surface area contributed by atoms with Crippen molar-refractivity contribution in [3.8, 4) is 0 Å². The van der Waals surface area contributed by atoms with Gasteiger partial charge in [-0.05, 0) is 70.3 Å². The molecule has 1 N–H and O–H groups in total. The first-order valence-corrected chi connectivity index (χ1v) is 8.64.